The summed E-state index contributed by atoms with van der Waals surface area (Å²) in [6.07, 6.45) is 3.80. The Labute approximate surface area is 184 Å². The molecule has 1 heterocycles. The third kappa shape index (κ3) is 5.84. The lowest BCUT2D eigenvalue weighted by atomic mass is 10.0. The number of piperidine rings is 1. The maximum absolute atomic E-state index is 12.2. The van der Waals surface area contributed by atoms with Gasteiger partial charge in [0.15, 0.2) is 5.78 Å². The molecule has 2 aromatic rings. The molecule has 0 aliphatic carbocycles. The SMILES string of the molecule is CCC(=O)c1ccc(NC[C@H](c2ccc(OC)cc2)N2CCCCC2)c(S(N)(=O)=O)c1. The Morgan fingerprint density at radius 2 is 1.81 bits per heavy atom. The fourth-order valence-corrected chi connectivity index (χ4v) is 4.74. The minimum atomic E-state index is -3.99. The van der Waals surface area contributed by atoms with Crippen LogP contribution in [0.5, 0.6) is 5.75 Å². The van der Waals surface area contributed by atoms with Crippen LogP contribution in [0, 0.1) is 0 Å². The minimum Gasteiger partial charge on any atom is -0.497 e. The molecule has 1 aliphatic rings. The van der Waals surface area contributed by atoms with Crippen molar-refractivity contribution in [1.29, 1.82) is 0 Å². The van der Waals surface area contributed by atoms with E-state index in [0.29, 0.717) is 24.2 Å². The van der Waals surface area contributed by atoms with Gasteiger partial charge in [-0.05, 0) is 61.8 Å². The van der Waals surface area contributed by atoms with E-state index in [2.05, 4.69) is 10.2 Å². The summed E-state index contributed by atoms with van der Waals surface area (Å²) in [5.74, 6) is 0.669. The van der Waals surface area contributed by atoms with Crippen LogP contribution in [0.25, 0.3) is 0 Å². The van der Waals surface area contributed by atoms with E-state index in [4.69, 9.17) is 9.88 Å². The second kappa shape index (κ2) is 10.3. The number of carbonyl (C=O) groups is 1. The van der Waals surface area contributed by atoms with E-state index in [1.165, 1.54) is 12.5 Å². The number of nitrogens with two attached hydrogens (primary N) is 1. The van der Waals surface area contributed by atoms with Gasteiger partial charge >= 0.3 is 0 Å². The van der Waals surface area contributed by atoms with E-state index in [9.17, 15) is 13.2 Å². The molecule has 1 fully saturated rings. The largest absolute Gasteiger partial charge is 0.497 e. The maximum atomic E-state index is 12.2. The monoisotopic (exact) mass is 445 g/mol. The number of ketones is 1. The molecule has 2 aromatic carbocycles. The zero-order chi connectivity index (χ0) is 22.4. The molecule has 0 amide bonds. The van der Waals surface area contributed by atoms with Gasteiger partial charge in [0, 0.05) is 18.5 Å². The normalized spacial score (nSPS) is 16.0. The van der Waals surface area contributed by atoms with Gasteiger partial charge in [0.2, 0.25) is 10.0 Å². The molecule has 3 rings (SSSR count). The standard InChI is InChI=1S/C23H31N3O4S/c1-3-22(27)18-9-12-20(23(15-18)31(24,28)29)25-16-21(26-13-5-4-6-14-26)17-7-10-19(30-2)11-8-17/h7-12,15,21,25H,3-6,13-14,16H2,1-2H3,(H2,24,28,29)/t21-/m1/s1. The number of carbonyl (C=O) groups excluding carboxylic acids is 1. The lowest BCUT2D eigenvalue weighted by Gasteiger charge is -2.35. The van der Waals surface area contributed by atoms with Crippen molar-refractivity contribution >= 4 is 21.5 Å². The van der Waals surface area contributed by atoms with Crippen molar-refractivity contribution in [2.75, 3.05) is 32.1 Å². The topological polar surface area (TPSA) is 102 Å². The minimum absolute atomic E-state index is 0.0566. The molecular weight excluding hydrogens is 414 g/mol. The Morgan fingerprint density at radius 3 is 2.39 bits per heavy atom. The molecule has 0 aromatic heterocycles. The molecular formula is C23H31N3O4S. The summed E-state index contributed by atoms with van der Waals surface area (Å²) in [6.45, 7) is 4.23. The summed E-state index contributed by atoms with van der Waals surface area (Å²) in [5.41, 5.74) is 1.88. The predicted octanol–water partition coefficient (Wildman–Crippen LogP) is 3.57. The molecule has 1 aliphatic heterocycles. The average Bonchev–Trinajstić information content (AvgIpc) is 2.79. The van der Waals surface area contributed by atoms with Gasteiger partial charge in [0.05, 0.1) is 18.8 Å². The van der Waals surface area contributed by atoms with Crippen LogP contribution in [0.1, 0.15) is 54.6 Å². The van der Waals surface area contributed by atoms with Crippen molar-refractivity contribution in [3.05, 3.63) is 53.6 Å². The van der Waals surface area contributed by atoms with Gasteiger partial charge in [-0.25, -0.2) is 13.6 Å². The van der Waals surface area contributed by atoms with Crippen LogP contribution < -0.4 is 15.2 Å². The fourth-order valence-electron chi connectivity index (χ4n) is 4.00. The lowest BCUT2D eigenvalue weighted by Crippen LogP contribution is -2.37. The van der Waals surface area contributed by atoms with Crippen LogP contribution in [0.15, 0.2) is 47.4 Å². The molecule has 0 radical (unpaired) electrons. The number of benzene rings is 2. The van der Waals surface area contributed by atoms with Gasteiger partial charge in [0.25, 0.3) is 0 Å². The predicted molar refractivity (Wildman–Crippen MR) is 122 cm³/mol. The average molecular weight is 446 g/mol. The molecule has 7 nitrogen and oxygen atoms in total. The Kier molecular flexibility index (Phi) is 7.69. The molecule has 0 unspecified atom stereocenters. The number of rotatable bonds is 9. The smallest absolute Gasteiger partial charge is 0.240 e. The zero-order valence-corrected chi connectivity index (χ0v) is 19.0. The van der Waals surface area contributed by atoms with E-state index >= 15 is 0 Å². The first-order valence-electron chi connectivity index (χ1n) is 10.7. The van der Waals surface area contributed by atoms with Crippen LogP contribution in [0.3, 0.4) is 0 Å². The van der Waals surface area contributed by atoms with Crippen LogP contribution in [-0.4, -0.2) is 45.8 Å². The number of sulfonamides is 1. The first-order valence-corrected chi connectivity index (χ1v) is 12.2. The number of likely N-dealkylation sites (tertiary alicyclic amines) is 1. The van der Waals surface area contributed by atoms with Gasteiger partial charge in [-0.15, -0.1) is 0 Å². The number of nitrogens with zero attached hydrogens (tertiary/aromatic N) is 1. The summed E-state index contributed by atoms with van der Waals surface area (Å²) in [4.78, 5) is 14.4. The second-order valence-electron chi connectivity index (χ2n) is 7.80. The second-order valence-corrected chi connectivity index (χ2v) is 9.33. The molecule has 168 valence electrons. The third-order valence-corrected chi connectivity index (χ3v) is 6.70. The molecule has 1 saturated heterocycles. The third-order valence-electron chi connectivity index (χ3n) is 5.75. The number of nitrogens with one attached hydrogen (secondary N) is 1. The van der Waals surface area contributed by atoms with E-state index in [1.807, 2.05) is 24.3 Å². The Balaban J connectivity index is 1.88. The highest BCUT2D eigenvalue weighted by atomic mass is 32.2. The fraction of sp³-hybridized carbons (Fsp3) is 0.435. The molecule has 0 spiro atoms. The summed E-state index contributed by atoms with van der Waals surface area (Å²) in [6, 6.07) is 12.7. The maximum Gasteiger partial charge on any atom is 0.240 e. The number of Topliss-reactive ketones (excluding diaryl/α,β-unsaturated/α-hetero) is 1. The molecule has 0 saturated carbocycles. The lowest BCUT2D eigenvalue weighted by molar-refractivity contribution is 0.0988. The highest BCUT2D eigenvalue weighted by Crippen LogP contribution is 2.29. The molecule has 1 atom stereocenters. The summed E-state index contributed by atoms with van der Waals surface area (Å²) in [7, 11) is -2.35. The number of primary sulfonamides is 1. The first-order chi connectivity index (χ1) is 14.8. The number of hydrogen-bond acceptors (Lipinski definition) is 6. The number of hydrogen-bond donors (Lipinski definition) is 2. The van der Waals surface area contributed by atoms with Crippen LogP contribution >= 0.6 is 0 Å². The Bertz CT molecular complexity index is 1000. The van der Waals surface area contributed by atoms with Crippen LogP contribution in [0.2, 0.25) is 0 Å². The van der Waals surface area contributed by atoms with Gasteiger partial charge < -0.3 is 10.1 Å². The van der Waals surface area contributed by atoms with E-state index in [-0.39, 0.29) is 16.7 Å². The van der Waals surface area contributed by atoms with Gasteiger partial charge in [-0.2, -0.15) is 0 Å². The summed E-state index contributed by atoms with van der Waals surface area (Å²) in [5, 5.41) is 8.74. The van der Waals surface area contributed by atoms with Crippen molar-refractivity contribution in [2.24, 2.45) is 5.14 Å². The van der Waals surface area contributed by atoms with Gasteiger partial charge in [-0.1, -0.05) is 25.5 Å². The quantitative estimate of drug-likeness (QED) is 0.572. The molecule has 8 heteroatoms. The van der Waals surface area contributed by atoms with Crippen molar-refractivity contribution in [2.45, 2.75) is 43.5 Å². The molecule has 31 heavy (non-hydrogen) atoms. The Morgan fingerprint density at radius 1 is 1.13 bits per heavy atom. The number of anilines is 1. The van der Waals surface area contributed by atoms with Crippen molar-refractivity contribution in [3.8, 4) is 5.75 Å². The Hall–Kier alpha value is -2.42. The highest BCUT2D eigenvalue weighted by Gasteiger charge is 2.24. The van der Waals surface area contributed by atoms with E-state index in [1.54, 1.807) is 26.2 Å². The highest BCUT2D eigenvalue weighted by molar-refractivity contribution is 7.89. The van der Waals surface area contributed by atoms with Crippen LogP contribution in [-0.2, 0) is 10.0 Å². The summed E-state index contributed by atoms with van der Waals surface area (Å²) >= 11 is 0. The van der Waals surface area contributed by atoms with Crippen molar-refractivity contribution in [1.82, 2.24) is 4.90 Å². The summed E-state index contributed by atoms with van der Waals surface area (Å²) < 4.78 is 29.7. The molecule has 0 bridgehead atoms. The van der Waals surface area contributed by atoms with Gasteiger partial charge in [-0.3, -0.25) is 9.69 Å². The first kappa shape index (κ1) is 23.2. The van der Waals surface area contributed by atoms with Crippen LogP contribution in [0.4, 0.5) is 5.69 Å². The van der Waals surface area contributed by atoms with Gasteiger partial charge in [0.1, 0.15) is 10.6 Å². The van der Waals surface area contributed by atoms with E-state index in [0.717, 1.165) is 37.2 Å². The zero-order valence-electron chi connectivity index (χ0n) is 18.1. The molecule has 3 N–H and O–H groups in total. The number of ether oxygens (including phenoxy) is 1. The number of methoxy groups -OCH3 is 1. The van der Waals surface area contributed by atoms with E-state index < -0.39 is 10.0 Å². The van der Waals surface area contributed by atoms with Crippen molar-refractivity contribution in [3.63, 3.8) is 0 Å². The van der Waals surface area contributed by atoms with Crippen molar-refractivity contribution < 1.29 is 17.9 Å².